The SMILES string of the molecule is N=C(N)NCCCC1NC(=O)NC1=O.N=C(N)NCCC[C@@H](N)C(=O)O. The smallest absolute Gasteiger partial charge is 0.322 e. The summed E-state index contributed by atoms with van der Waals surface area (Å²) in [5, 5.41) is 31.8. The predicted octanol–water partition coefficient (Wildman–Crippen LogP) is -2.88. The zero-order valence-corrected chi connectivity index (χ0v) is 14.3. The molecule has 0 saturated carbocycles. The van der Waals surface area contributed by atoms with Gasteiger partial charge in [0.1, 0.15) is 12.1 Å². The Bertz CT molecular complexity index is 526. The molecule has 0 bridgehead atoms. The van der Waals surface area contributed by atoms with Gasteiger partial charge in [-0.2, -0.15) is 0 Å². The molecule has 1 unspecified atom stereocenters. The second kappa shape index (κ2) is 12.3. The topological polar surface area (TPSA) is 245 Å². The molecule has 13 nitrogen and oxygen atoms in total. The highest BCUT2D eigenvalue weighted by Crippen LogP contribution is 2.01. The summed E-state index contributed by atoms with van der Waals surface area (Å²) in [4.78, 5) is 31.9. The first-order valence-electron chi connectivity index (χ1n) is 7.89. The third-order valence-electron chi connectivity index (χ3n) is 3.17. The fourth-order valence-corrected chi connectivity index (χ4v) is 1.86. The molecule has 13 N–H and O–H groups in total. The van der Waals surface area contributed by atoms with Gasteiger partial charge in [0.15, 0.2) is 11.9 Å². The van der Waals surface area contributed by atoms with Crippen LogP contribution in [0.3, 0.4) is 0 Å². The summed E-state index contributed by atoms with van der Waals surface area (Å²) >= 11 is 0. The Balaban J connectivity index is 0.000000488. The lowest BCUT2D eigenvalue weighted by molar-refractivity contribution is -0.138. The molecule has 26 heavy (non-hydrogen) atoms. The first-order chi connectivity index (χ1) is 12.1. The minimum atomic E-state index is -1.00. The number of aliphatic carboxylic acids is 1. The van der Waals surface area contributed by atoms with Crippen molar-refractivity contribution >= 4 is 29.8 Å². The van der Waals surface area contributed by atoms with E-state index in [1.54, 1.807) is 0 Å². The molecule has 0 aromatic heterocycles. The molecule has 0 radical (unpaired) electrons. The van der Waals surface area contributed by atoms with Crippen LogP contribution in [-0.2, 0) is 9.59 Å². The van der Waals surface area contributed by atoms with E-state index in [4.69, 9.17) is 33.1 Å². The Hall–Kier alpha value is -3.09. The second-order valence-corrected chi connectivity index (χ2v) is 5.43. The summed E-state index contributed by atoms with van der Waals surface area (Å²) in [6, 6.07) is -1.71. The summed E-state index contributed by atoms with van der Waals surface area (Å²) in [5.74, 6) is -1.50. The molecule has 1 aliphatic heterocycles. The number of rotatable bonds is 9. The van der Waals surface area contributed by atoms with Crippen molar-refractivity contribution in [3.05, 3.63) is 0 Å². The van der Waals surface area contributed by atoms with Crippen molar-refractivity contribution in [2.75, 3.05) is 13.1 Å². The van der Waals surface area contributed by atoms with E-state index in [0.717, 1.165) is 0 Å². The lowest BCUT2D eigenvalue weighted by Crippen LogP contribution is -2.34. The number of nitrogens with two attached hydrogens (primary N) is 3. The van der Waals surface area contributed by atoms with Gasteiger partial charge in [0.25, 0.3) is 5.91 Å². The van der Waals surface area contributed by atoms with Crippen molar-refractivity contribution < 1.29 is 19.5 Å². The number of guanidine groups is 2. The maximum atomic E-state index is 11.0. The van der Waals surface area contributed by atoms with Crippen LogP contribution in [0.5, 0.6) is 0 Å². The summed E-state index contributed by atoms with van der Waals surface area (Å²) in [5.41, 5.74) is 15.3. The summed E-state index contributed by atoms with van der Waals surface area (Å²) in [7, 11) is 0. The minimum Gasteiger partial charge on any atom is -0.480 e. The third-order valence-corrected chi connectivity index (χ3v) is 3.17. The Morgan fingerprint density at radius 2 is 1.69 bits per heavy atom. The fraction of sp³-hybridized carbons (Fsp3) is 0.615. The molecule has 1 aliphatic rings. The fourth-order valence-electron chi connectivity index (χ4n) is 1.86. The number of hydrogen-bond donors (Lipinski definition) is 10. The normalized spacial score (nSPS) is 16.4. The molecular formula is C13H27N9O4. The Morgan fingerprint density at radius 1 is 1.15 bits per heavy atom. The van der Waals surface area contributed by atoms with Gasteiger partial charge in [-0.05, 0) is 25.7 Å². The van der Waals surface area contributed by atoms with Crippen molar-refractivity contribution in [2.24, 2.45) is 17.2 Å². The zero-order valence-electron chi connectivity index (χ0n) is 14.3. The number of nitrogens with one attached hydrogen (secondary N) is 6. The average Bonchev–Trinajstić information content (AvgIpc) is 2.85. The predicted molar refractivity (Wildman–Crippen MR) is 94.4 cm³/mol. The molecule has 1 saturated heterocycles. The number of hydrogen-bond acceptors (Lipinski definition) is 6. The van der Waals surface area contributed by atoms with Gasteiger partial charge in [-0.25, -0.2) is 4.79 Å². The van der Waals surface area contributed by atoms with Crippen LogP contribution < -0.4 is 38.5 Å². The highest BCUT2D eigenvalue weighted by Gasteiger charge is 2.28. The van der Waals surface area contributed by atoms with Crippen molar-refractivity contribution in [3.63, 3.8) is 0 Å². The highest BCUT2D eigenvalue weighted by atomic mass is 16.4. The van der Waals surface area contributed by atoms with Crippen LogP contribution in [0, 0.1) is 10.8 Å². The van der Waals surface area contributed by atoms with Gasteiger partial charge in [-0.3, -0.25) is 25.7 Å². The lowest BCUT2D eigenvalue weighted by atomic mass is 10.1. The molecule has 0 aromatic carbocycles. The quantitative estimate of drug-likeness (QED) is 0.0861. The minimum absolute atomic E-state index is 0.0927. The van der Waals surface area contributed by atoms with Gasteiger partial charge in [0.2, 0.25) is 0 Å². The maximum absolute atomic E-state index is 11.0. The molecule has 1 rings (SSSR count). The van der Waals surface area contributed by atoms with Crippen molar-refractivity contribution in [1.29, 1.82) is 10.8 Å². The van der Waals surface area contributed by atoms with Gasteiger partial charge < -0.3 is 38.3 Å². The molecule has 0 aliphatic carbocycles. The van der Waals surface area contributed by atoms with E-state index in [0.29, 0.717) is 38.8 Å². The molecule has 0 spiro atoms. The number of carbonyl (C=O) groups excluding carboxylic acids is 2. The van der Waals surface area contributed by atoms with E-state index in [9.17, 15) is 14.4 Å². The first kappa shape index (κ1) is 22.9. The number of amides is 3. The largest absolute Gasteiger partial charge is 0.480 e. The molecular weight excluding hydrogens is 346 g/mol. The molecule has 2 atom stereocenters. The number of carboxylic acids is 1. The molecule has 13 heteroatoms. The van der Waals surface area contributed by atoms with Crippen LogP contribution in [0.15, 0.2) is 0 Å². The number of carbonyl (C=O) groups is 3. The summed E-state index contributed by atoms with van der Waals surface area (Å²) in [6.45, 7) is 1.01. The number of urea groups is 1. The van der Waals surface area contributed by atoms with Crippen LogP contribution in [0.2, 0.25) is 0 Å². The van der Waals surface area contributed by atoms with Gasteiger partial charge in [-0.15, -0.1) is 0 Å². The standard InChI is InChI=1S/C7H13N5O2.C6H14N4O2/c8-6(9)10-3-1-2-4-5(13)12-7(14)11-4;7-4(5(11)12)2-1-3-10-6(8)9/h4H,1-3H2,(H4,8,9,10)(H2,11,12,13,14);4H,1-3,7H2,(H,11,12)(H4,8,9,10)/t;4-/m.1/s1. The monoisotopic (exact) mass is 373 g/mol. The van der Waals surface area contributed by atoms with Crippen LogP contribution >= 0.6 is 0 Å². The first-order valence-corrected chi connectivity index (χ1v) is 7.89. The van der Waals surface area contributed by atoms with Crippen molar-refractivity contribution in [3.8, 4) is 0 Å². The van der Waals surface area contributed by atoms with E-state index in [-0.39, 0.29) is 17.8 Å². The Labute approximate surface area is 150 Å². The Morgan fingerprint density at radius 3 is 2.12 bits per heavy atom. The lowest BCUT2D eigenvalue weighted by Gasteiger charge is -2.07. The van der Waals surface area contributed by atoms with E-state index in [2.05, 4.69) is 21.3 Å². The molecule has 1 heterocycles. The molecule has 148 valence electrons. The van der Waals surface area contributed by atoms with Crippen LogP contribution in [0.25, 0.3) is 0 Å². The van der Waals surface area contributed by atoms with E-state index < -0.39 is 24.1 Å². The summed E-state index contributed by atoms with van der Waals surface area (Å²) < 4.78 is 0. The van der Waals surface area contributed by atoms with E-state index in [1.807, 2.05) is 0 Å². The van der Waals surface area contributed by atoms with Crippen LogP contribution in [0.4, 0.5) is 4.79 Å². The molecule has 0 aromatic rings. The molecule has 3 amide bonds. The van der Waals surface area contributed by atoms with E-state index >= 15 is 0 Å². The second-order valence-electron chi connectivity index (χ2n) is 5.43. The van der Waals surface area contributed by atoms with Gasteiger partial charge in [0.05, 0.1) is 0 Å². The maximum Gasteiger partial charge on any atom is 0.322 e. The van der Waals surface area contributed by atoms with E-state index in [1.165, 1.54) is 0 Å². The Kier molecular flexibility index (Phi) is 10.8. The van der Waals surface area contributed by atoms with Crippen LogP contribution in [-0.4, -0.2) is 60.1 Å². The summed E-state index contributed by atoms with van der Waals surface area (Å²) in [6.07, 6.45) is 2.18. The van der Waals surface area contributed by atoms with Gasteiger partial charge in [0, 0.05) is 13.1 Å². The third kappa shape index (κ3) is 11.4. The number of imide groups is 1. The zero-order chi connectivity index (χ0) is 20.1. The average molecular weight is 373 g/mol. The molecule has 1 fully saturated rings. The van der Waals surface area contributed by atoms with Crippen molar-refractivity contribution in [1.82, 2.24) is 21.3 Å². The number of carboxylic acid groups (broad SMARTS) is 1. The van der Waals surface area contributed by atoms with Crippen LogP contribution in [0.1, 0.15) is 25.7 Å². The van der Waals surface area contributed by atoms with Crippen molar-refractivity contribution in [2.45, 2.75) is 37.8 Å². The van der Waals surface area contributed by atoms with Gasteiger partial charge in [-0.1, -0.05) is 0 Å². The highest BCUT2D eigenvalue weighted by molar-refractivity contribution is 6.04. The van der Waals surface area contributed by atoms with Gasteiger partial charge >= 0.3 is 12.0 Å².